The highest BCUT2D eigenvalue weighted by Crippen LogP contribution is 2.24. The maximum atomic E-state index is 11.7. The summed E-state index contributed by atoms with van der Waals surface area (Å²) in [5.74, 6) is 0.558. The molecule has 7 heteroatoms. The van der Waals surface area contributed by atoms with Crippen LogP contribution in [0.1, 0.15) is 23.7 Å². The van der Waals surface area contributed by atoms with Crippen molar-refractivity contribution in [3.63, 3.8) is 0 Å². The van der Waals surface area contributed by atoms with Gasteiger partial charge in [0.2, 0.25) is 0 Å². The lowest BCUT2D eigenvalue weighted by atomic mass is 10.1. The van der Waals surface area contributed by atoms with E-state index in [1.807, 2.05) is 6.92 Å². The Hall–Kier alpha value is -2.96. The summed E-state index contributed by atoms with van der Waals surface area (Å²) in [6, 6.07) is 6.65. The summed E-state index contributed by atoms with van der Waals surface area (Å²) in [6.45, 7) is 1.81. The number of nitrogens with one attached hydrogen (secondary N) is 2. The van der Waals surface area contributed by atoms with E-state index < -0.39 is 4.92 Å². The van der Waals surface area contributed by atoms with Crippen molar-refractivity contribution >= 4 is 22.5 Å². The van der Waals surface area contributed by atoms with E-state index in [0.717, 1.165) is 5.52 Å². The summed E-state index contributed by atoms with van der Waals surface area (Å²) in [4.78, 5) is 32.2. The molecule has 7 nitrogen and oxygen atoms in total. The van der Waals surface area contributed by atoms with E-state index >= 15 is 0 Å². The SMILES string of the molecule is CCC(=O)c1ccc2nc(-c3cc([N+](=O)[O-])c[nH]3)[nH]c2c1. The van der Waals surface area contributed by atoms with Gasteiger partial charge in [0.15, 0.2) is 11.6 Å². The van der Waals surface area contributed by atoms with Crippen molar-refractivity contribution in [1.29, 1.82) is 0 Å². The molecule has 0 amide bonds. The van der Waals surface area contributed by atoms with Gasteiger partial charge in [0, 0.05) is 18.1 Å². The van der Waals surface area contributed by atoms with Gasteiger partial charge in [0.25, 0.3) is 5.69 Å². The van der Waals surface area contributed by atoms with Crippen molar-refractivity contribution in [1.82, 2.24) is 15.0 Å². The fourth-order valence-corrected chi connectivity index (χ4v) is 2.14. The molecule has 3 rings (SSSR count). The second-order valence-corrected chi connectivity index (χ2v) is 4.62. The number of carbonyl (C=O) groups excluding carboxylic acids is 1. The largest absolute Gasteiger partial charge is 0.353 e. The number of aromatic amines is 2. The Kier molecular flexibility index (Phi) is 3.02. The fraction of sp³-hybridized carbons (Fsp3) is 0.143. The second kappa shape index (κ2) is 4.86. The van der Waals surface area contributed by atoms with Crippen molar-refractivity contribution in [3.8, 4) is 11.5 Å². The summed E-state index contributed by atoms with van der Waals surface area (Å²) >= 11 is 0. The quantitative estimate of drug-likeness (QED) is 0.436. The molecule has 1 aromatic carbocycles. The summed E-state index contributed by atoms with van der Waals surface area (Å²) < 4.78 is 0. The Morgan fingerprint density at radius 1 is 1.38 bits per heavy atom. The monoisotopic (exact) mass is 284 g/mol. The normalized spacial score (nSPS) is 10.9. The van der Waals surface area contributed by atoms with Crippen LogP contribution >= 0.6 is 0 Å². The molecule has 0 unspecified atom stereocenters. The molecule has 0 aliphatic rings. The second-order valence-electron chi connectivity index (χ2n) is 4.62. The molecule has 0 bridgehead atoms. The van der Waals surface area contributed by atoms with Crippen LogP contribution < -0.4 is 0 Å². The van der Waals surface area contributed by atoms with E-state index in [9.17, 15) is 14.9 Å². The number of Topliss-reactive ketones (excluding diaryl/α,β-unsaturated/α-hetero) is 1. The van der Waals surface area contributed by atoms with Gasteiger partial charge in [-0.3, -0.25) is 14.9 Å². The molecule has 0 aliphatic carbocycles. The van der Waals surface area contributed by atoms with Crippen LogP contribution in [0.25, 0.3) is 22.6 Å². The van der Waals surface area contributed by atoms with Crippen LogP contribution in [0.4, 0.5) is 5.69 Å². The Balaban J connectivity index is 2.03. The number of H-pyrrole nitrogens is 2. The van der Waals surface area contributed by atoms with E-state index in [0.29, 0.717) is 29.0 Å². The number of hydrogen-bond acceptors (Lipinski definition) is 4. The summed E-state index contributed by atoms with van der Waals surface area (Å²) in [5.41, 5.74) is 2.56. The lowest BCUT2D eigenvalue weighted by Crippen LogP contribution is -1.95. The maximum Gasteiger partial charge on any atom is 0.287 e. The van der Waals surface area contributed by atoms with Gasteiger partial charge >= 0.3 is 0 Å². The van der Waals surface area contributed by atoms with E-state index in [2.05, 4.69) is 15.0 Å². The standard InChI is InChI=1S/C14H12N4O3/c1-2-13(19)8-3-4-10-11(5-8)17-14(16-10)12-6-9(7-15-12)18(20)21/h3-7,15H,2H2,1H3,(H,16,17). The molecule has 0 aliphatic heterocycles. The van der Waals surface area contributed by atoms with E-state index in [-0.39, 0.29) is 11.5 Å². The van der Waals surface area contributed by atoms with Gasteiger partial charge in [-0.05, 0) is 18.2 Å². The van der Waals surface area contributed by atoms with Crippen LogP contribution in [-0.2, 0) is 0 Å². The summed E-state index contributed by atoms with van der Waals surface area (Å²) in [7, 11) is 0. The average molecular weight is 284 g/mol. The zero-order valence-electron chi connectivity index (χ0n) is 11.2. The number of ketones is 1. The fourth-order valence-electron chi connectivity index (χ4n) is 2.14. The van der Waals surface area contributed by atoms with Crippen LogP contribution in [-0.4, -0.2) is 25.7 Å². The highest BCUT2D eigenvalue weighted by Gasteiger charge is 2.13. The van der Waals surface area contributed by atoms with Crippen molar-refractivity contribution in [2.24, 2.45) is 0 Å². The molecule has 2 N–H and O–H groups in total. The number of nitro groups is 1. The van der Waals surface area contributed by atoms with Crippen molar-refractivity contribution in [3.05, 3.63) is 46.1 Å². The smallest absolute Gasteiger partial charge is 0.287 e. The van der Waals surface area contributed by atoms with Gasteiger partial charge in [0.05, 0.1) is 27.8 Å². The molecule has 0 saturated carbocycles. The first-order valence-corrected chi connectivity index (χ1v) is 6.44. The topological polar surface area (TPSA) is 105 Å². The molecule has 3 aromatic rings. The van der Waals surface area contributed by atoms with E-state index in [4.69, 9.17) is 0 Å². The highest BCUT2D eigenvalue weighted by atomic mass is 16.6. The minimum atomic E-state index is -0.472. The molecule has 0 radical (unpaired) electrons. The number of imidazole rings is 1. The van der Waals surface area contributed by atoms with Crippen LogP contribution in [0.2, 0.25) is 0 Å². The highest BCUT2D eigenvalue weighted by molar-refractivity contribution is 5.98. The van der Waals surface area contributed by atoms with E-state index in [1.165, 1.54) is 12.3 Å². The first kappa shape index (κ1) is 13.0. The molecule has 2 aromatic heterocycles. The summed E-state index contributed by atoms with van der Waals surface area (Å²) in [5, 5.41) is 10.7. The number of rotatable bonds is 4. The van der Waals surface area contributed by atoms with Gasteiger partial charge < -0.3 is 9.97 Å². The third-order valence-electron chi connectivity index (χ3n) is 3.26. The number of nitrogens with zero attached hydrogens (tertiary/aromatic N) is 2. The first-order chi connectivity index (χ1) is 10.1. The Bertz CT molecular complexity index is 847. The number of benzene rings is 1. The molecule has 106 valence electrons. The Morgan fingerprint density at radius 2 is 2.19 bits per heavy atom. The zero-order valence-corrected chi connectivity index (χ0v) is 11.2. The van der Waals surface area contributed by atoms with Gasteiger partial charge in [-0.1, -0.05) is 6.92 Å². The van der Waals surface area contributed by atoms with Crippen LogP contribution in [0.5, 0.6) is 0 Å². The lowest BCUT2D eigenvalue weighted by molar-refractivity contribution is -0.384. The number of carbonyl (C=O) groups is 1. The van der Waals surface area contributed by atoms with Crippen molar-refractivity contribution in [2.75, 3.05) is 0 Å². The molecular formula is C14H12N4O3. The predicted molar refractivity (Wildman–Crippen MR) is 77.2 cm³/mol. The number of hydrogen-bond donors (Lipinski definition) is 2. The first-order valence-electron chi connectivity index (χ1n) is 6.44. The van der Waals surface area contributed by atoms with Gasteiger partial charge in [-0.15, -0.1) is 0 Å². The minimum Gasteiger partial charge on any atom is -0.353 e. The van der Waals surface area contributed by atoms with Gasteiger partial charge in [0.1, 0.15) is 0 Å². The van der Waals surface area contributed by atoms with Crippen molar-refractivity contribution < 1.29 is 9.72 Å². The zero-order chi connectivity index (χ0) is 15.0. The Labute approximate surface area is 119 Å². The lowest BCUT2D eigenvalue weighted by Gasteiger charge is -1.96. The van der Waals surface area contributed by atoms with Gasteiger partial charge in [-0.25, -0.2) is 4.98 Å². The predicted octanol–water partition coefficient (Wildman–Crippen LogP) is 3.06. The molecule has 0 fully saturated rings. The van der Waals surface area contributed by atoms with E-state index in [1.54, 1.807) is 18.2 Å². The molecule has 0 saturated heterocycles. The van der Waals surface area contributed by atoms with Crippen LogP contribution in [0.3, 0.4) is 0 Å². The molecule has 2 heterocycles. The molecule has 0 spiro atoms. The average Bonchev–Trinajstić information content (AvgIpc) is 3.11. The molecular weight excluding hydrogens is 272 g/mol. The van der Waals surface area contributed by atoms with Crippen LogP contribution in [0.15, 0.2) is 30.5 Å². The Morgan fingerprint density at radius 3 is 2.86 bits per heavy atom. The molecule has 21 heavy (non-hydrogen) atoms. The van der Waals surface area contributed by atoms with Gasteiger partial charge in [-0.2, -0.15) is 0 Å². The van der Waals surface area contributed by atoms with Crippen molar-refractivity contribution in [2.45, 2.75) is 13.3 Å². The minimum absolute atomic E-state index is 0.0210. The third-order valence-corrected chi connectivity index (χ3v) is 3.26. The molecule has 0 atom stereocenters. The number of fused-ring (bicyclic) bond motifs is 1. The van der Waals surface area contributed by atoms with Crippen LogP contribution in [0, 0.1) is 10.1 Å². The third kappa shape index (κ3) is 2.29. The maximum absolute atomic E-state index is 11.7. The number of aromatic nitrogens is 3. The summed E-state index contributed by atoms with van der Waals surface area (Å²) in [6.07, 6.45) is 1.75.